The fraction of sp³-hybridized carbons (Fsp3) is 0.396. The molecule has 0 saturated carbocycles. The largest absolute Gasteiger partial charge is 0.478 e. The number of nitrogens with one attached hydrogen (secondary N) is 1. The number of guanidine groups is 2. The SMILES string of the molecule is CC(C)CC1(c2ccccc2)N=C(NC(=O)OC(C)(C)C)N(Cc2cccc(C(=O)O)c2)C1=O.COC(=O)N1CCN(C(=O)c2cccc(CN3C(=O)C(CC(C)C)(c4ccccc4)N=C3N)c2)CC1.Cl. The first-order valence-corrected chi connectivity index (χ1v) is 23.4. The number of alkyl carbamates (subject to hydrolysis) is 1. The smallest absolute Gasteiger partial charge is 0.414 e. The molecule has 3 aliphatic rings. The van der Waals surface area contributed by atoms with Gasteiger partial charge in [-0.15, -0.1) is 12.4 Å². The molecule has 18 heteroatoms. The predicted octanol–water partition coefficient (Wildman–Crippen LogP) is 7.78. The van der Waals surface area contributed by atoms with Crippen LogP contribution in [0.3, 0.4) is 0 Å². The molecule has 4 N–H and O–H groups in total. The molecule has 0 spiro atoms. The number of rotatable bonds is 12. The standard InChI is InChI=1S/C27H33N5O4.C26H31N3O5.ClH/c1-19(2)17-27(22-10-5-4-6-11-22)24(34)32(25(28)29-27)18-20-8-7-9-21(16-20)23(33)30-12-14-31(15-13-30)26(35)36-3;1-17(2)15-26(20-12-7-6-8-13-20)22(32)29(16-18-10-9-11-19(14-18)21(30)31)23(28-26)27-24(33)34-25(3,4)5;/h4-11,16,19H,12-15,17-18H2,1-3H3,(H2,28,29);6-14,17H,15-16H2,1-5H3,(H,30,31)(H,27,28,33);1H. The lowest BCUT2D eigenvalue weighted by molar-refractivity contribution is -0.133. The summed E-state index contributed by atoms with van der Waals surface area (Å²) in [5.74, 6) is -1.01. The van der Waals surface area contributed by atoms with Crippen molar-refractivity contribution in [3.05, 3.63) is 143 Å². The molecule has 4 aromatic carbocycles. The molecule has 3 heterocycles. The summed E-state index contributed by atoms with van der Waals surface area (Å²) < 4.78 is 10.2. The van der Waals surface area contributed by atoms with Crippen LogP contribution in [0.25, 0.3) is 0 Å². The number of hydrogen-bond acceptors (Lipinski definition) is 11. The number of aromatic carboxylic acids is 1. The maximum atomic E-state index is 14.0. The van der Waals surface area contributed by atoms with Gasteiger partial charge < -0.3 is 30.1 Å². The van der Waals surface area contributed by atoms with Crippen LogP contribution < -0.4 is 11.1 Å². The zero-order valence-electron chi connectivity index (χ0n) is 41.6. The number of carbonyl (C=O) groups excluding carboxylic acids is 5. The molecule has 71 heavy (non-hydrogen) atoms. The third-order valence-corrected chi connectivity index (χ3v) is 11.9. The molecule has 0 aromatic heterocycles. The first kappa shape index (κ1) is 54.7. The molecular weight excluding hydrogens is 928 g/mol. The van der Waals surface area contributed by atoms with E-state index in [1.54, 1.807) is 60.9 Å². The van der Waals surface area contributed by atoms with Crippen molar-refractivity contribution < 1.29 is 43.3 Å². The molecule has 0 aliphatic carbocycles. The van der Waals surface area contributed by atoms with E-state index < -0.39 is 28.7 Å². The Kier molecular flexibility index (Phi) is 17.8. The number of halogens is 1. The second-order valence-electron chi connectivity index (χ2n) is 19.4. The Morgan fingerprint density at radius 3 is 1.65 bits per heavy atom. The number of benzene rings is 4. The van der Waals surface area contributed by atoms with Crippen molar-refractivity contribution in [1.29, 1.82) is 0 Å². The van der Waals surface area contributed by atoms with E-state index >= 15 is 0 Å². The number of carboxylic acid groups (broad SMARTS) is 1. The van der Waals surface area contributed by atoms with Gasteiger partial charge in [0, 0.05) is 31.7 Å². The summed E-state index contributed by atoms with van der Waals surface area (Å²) >= 11 is 0. The van der Waals surface area contributed by atoms with E-state index in [1.807, 2.05) is 80.6 Å². The van der Waals surface area contributed by atoms with Gasteiger partial charge in [0.25, 0.3) is 17.7 Å². The molecule has 4 aromatic rings. The fourth-order valence-electron chi connectivity index (χ4n) is 8.89. The maximum Gasteiger partial charge on any atom is 0.414 e. The molecule has 0 radical (unpaired) electrons. The van der Waals surface area contributed by atoms with Crippen LogP contribution in [-0.2, 0) is 43.2 Å². The summed E-state index contributed by atoms with van der Waals surface area (Å²) in [6, 6.07) is 32.4. The van der Waals surface area contributed by atoms with Crippen molar-refractivity contribution in [3.63, 3.8) is 0 Å². The molecule has 2 atom stereocenters. The molecule has 7 rings (SSSR count). The minimum Gasteiger partial charge on any atom is -0.478 e. The van der Waals surface area contributed by atoms with Crippen molar-refractivity contribution in [2.45, 2.75) is 91.1 Å². The van der Waals surface area contributed by atoms with Gasteiger partial charge in [-0.25, -0.2) is 24.4 Å². The first-order chi connectivity index (χ1) is 33.2. The van der Waals surface area contributed by atoms with Gasteiger partial charge >= 0.3 is 18.2 Å². The third-order valence-electron chi connectivity index (χ3n) is 11.9. The molecule has 1 fully saturated rings. The predicted molar refractivity (Wildman–Crippen MR) is 272 cm³/mol. The van der Waals surface area contributed by atoms with E-state index in [1.165, 1.54) is 29.0 Å². The average molecular weight is 994 g/mol. The topological polar surface area (TPSA) is 217 Å². The van der Waals surface area contributed by atoms with Crippen LogP contribution in [0.1, 0.15) is 104 Å². The number of carbonyl (C=O) groups is 6. The Balaban J connectivity index is 0.000000261. The number of nitrogens with two attached hydrogens (primary N) is 1. The molecular formula is C53H65ClN8O9. The van der Waals surface area contributed by atoms with Crippen LogP contribution in [0.4, 0.5) is 9.59 Å². The van der Waals surface area contributed by atoms with Crippen LogP contribution in [0.5, 0.6) is 0 Å². The third kappa shape index (κ3) is 12.9. The highest BCUT2D eigenvalue weighted by atomic mass is 35.5. The number of ether oxygens (including phenoxy) is 2. The number of nitrogens with zero attached hydrogens (tertiary/aromatic N) is 6. The summed E-state index contributed by atoms with van der Waals surface area (Å²) in [5.41, 5.74) is 6.87. The lowest BCUT2D eigenvalue weighted by Gasteiger charge is -2.34. The zero-order valence-corrected chi connectivity index (χ0v) is 42.4. The number of amides is 5. The summed E-state index contributed by atoms with van der Waals surface area (Å²) in [6.45, 7) is 15.3. The fourth-order valence-corrected chi connectivity index (χ4v) is 8.89. The second kappa shape index (κ2) is 23.1. The van der Waals surface area contributed by atoms with E-state index in [-0.39, 0.29) is 78.6 Å². The normalized spacial score (nSPS) is 18.8. The van der Waals surface area contributed by atoms with Gasteiger partial charge in [0.1, 0.15) is 5.60 Å². The monoisotopic (exact) mass is 992 g/mol. The zero-order chi connectivity index (χ0) is 51.0. The van der Waals surface area contributed by atoms with Crippen molar-refractivity contribution in [2.75, 3.05) is 33.3 Å². The van der Waals surface area contributed by atoms with Crippen molar-refractivity contribution in [3.8, 4) is 0 Å². The quantitative estimate of drug-likeness (QED) is 0.125. The van der Waals surface area contributed by atoms with Crippen molar-refractivity contribution in [2.24, 2.45) is 27.6 Å². The van der Waals surface area contributed by atoms with Gasteiger partial charge in [-0.3, -0.25) is 29.5 Å². The van der Waals surface area contributed by atoms with Crippen LogP contribution in [-0.4, -0.2) is 111 Å². The number of aliphatic imine (C=N–C) groups is 2. The van der Waals surface area contributed by atoms with E-state index in [9.17, 15) is 33.9 Å². The molecule has 5 amide bonds. The van der Waals surface area contributed by atoms with Crippen LogP contribution in [0.2, 0.25) is 0 Å². The average Bonchev–Trinajstić information content (AvgIpc) is 3.71. The molecule has 3 aliphatic heterocycles. The molecule has 0 bridgehead atoms. The van der Waals surface area contributed by atoms with Gasteiger partial charge in [0.15, 0.2) is 17.0 Å². The number of piperazine rings is 1. The van der Waals surface area contributed by atoms with E-state index in [0.717, 1.165) is 16.7 Å². The van der Waals surface area contributed by atoms with E-state index in [2.05, 4.69) is 19.2 Å². The Morgan fingerprint density at radius 2 is 1.15 bits per heavy atom. The highest BCUT2D eigenvalue weighted by molar-refractivity contribution is 6.11. The molecule has 17 nitrogen and oxygen atoms in total. The van der Waals surface area contributed by atoms with Gasteiger partial charge in [-0.1, -0.05) is 113 Å². The lowest BCUT2D eigenvalue weighted by atomic mass is 9.82. The number of carboxylic acids is 1. The van der Waals surface area contributed by atoms with Crippen molar-refractivity contribution in [1.82, 2.24) is 24.9 Å². The Labute approximate surface area is 421 Å². The van der Waals surface area contributed by atoms with Gasteiger partial charge in [0.2, 0.25) is 5.96 Å². The number of hydrogen-bond donors (Lipinski definition) is 3. The summed E-state index contributed by atoms with van der Waals surface area (Å²) in [5, 5.41) is 12.0. The minimum atomic E-state index is -1.22. The van der Waals surface area contributed by atoms with Gasteiger partial charge in [-0.05, 0) is 92.0 Å². The van der Waals surface area contributed by atoms with Gasteiger partial charge in [0.05, 0.1) is 25.8 Å². The molecule has 2 unspecified atom stereocenters. The molecule has 1 saturated heterocycles. The highest BCUT2D eigenvalue weighted by Gasteiger charge is 2.51. The van der Waals surface area contributed by atoms with Crippen LogP contribution >= 0.6 is 12.4 Å². The Bertz CT molecular complexity index is 2630. The first-order valence-electron chi connectivity index (χ1n) is 23.4. The van der Waals surface area contributed by atoms with Crippen LogP contribution in [0, 0.1) is 11.8 Å². The van der Waals surface area contributed by atoms with Gasteiger partial charge in [-0.2, -0.15) is 0 Å². The summed E-state index contributed by atoms with van der Waals surface area (Å²) in [4.78, 5) is 92.3. The summed E-state index contributed by atoms with van der Waals surface area (Å²) in [7, 11) is 1.35. The van der Waals surface area contributed by atoms with E-state index in [4.69, 9.17) is 25.2 Å². The number of methoxy groups -OCH3 is 1. The summed E-state index contributed by atoms with van der Waals surface area (Å²) in [6.07, 6.45) is -0.135. The molecule has 378 valence electrons. The van der Waals surface area contributed by atoms with E-state index in [0.29, 0.717) is 50.1 Å². The minimum absolute atomic E-state index is 0. The van der Waals surface area contributed by atoms with Crippen LogP contribution in [0.15, 0.2) is 119 Å². The highest BCUT2D eigenvalue weighted by Crippen LogP contribution is 2.41. The van der Waals surface area contributed by atoms with Crippen molar-refractivity contribution >= 4 is 60.2 Å². The lowest BCUT2D eigenvalue weighted by Crippen LogP contribution is -2.50. The Hall–Kier alpha value is -7.27. The maximum absolute atomic E-state index is 14.0. The second-order valence-corrected chi connectivity index (χ2v) is 19.4. The Morgan fingerprint density at radius 1 is 0.690 bits per heavy atom.